The highest BCUT2D eigenvalue weighted by atomic mass is 32.2. The van der Waals surface area contributed by atoms with E-state index in [-0.39, 0.29) is 29.5 Å². The zero-order chi connectivity index (χ0) is 16.1. The molecule has 0 aliphatic heterocycles. The summed E-state index contributed by atoms with van der Waals surface area (Å²) < 4.78 is 53.2. The van der Waals surface area contributed by atoms with Crippen molar-refractivity contribution >= 4 is 20.0 Å². The number of hydrogen-bond acceptors (Lipinski definition) is 5. The van der Waals surface area contributed by atoms with Crippen molar-refractivity contribution in [2.45, 2.75) is 9.79 Å². The van der Waals surface area contributed by atoms with Crippen molar-refractivity contribution in [3.63, 3.8) is 0 Å². The number of hydrogen-bond donors (Lipinski definition) is 1. The van der Waals surface area contributed by atoms with E-state index in [1.54, 1.807) is 0 Å². The van der Waals surface area contributed by atoms with Gasteiger partial charge in [0.1, 0.15) is 0 Å². The summed E-state index contributed by atoms with van der Waals surface area (Å²) in [5, 5.41) is 4.97. The van der Waals surface area contributed by atoms with Crippen molar-refractivity contribution in [2.75, 3.05) is 26.8 Å². The highest BCUT2D eigenvalue weighted by Crippen LogP contribution is 2.17. The maximum atomic E-state index is 12.4. The van der Waals surface area contributed by atoms with E-state index in [9.17, 15) is 16.8 Å². The standard InChI is InChI=1S/C12H18N2O5S2/c1-3-8-14(9-10-19-2)21(17,18)12-6-4-11(5-7-12)20(13,15)16/h3-7H,1,8-10H2,2H3,(H2,13,15,16). The van der Waals surface area contributed by atoms with Gasteiger partial charge in [0.25, 0.3) is 0 Å². The minimum Gasteiger partial charge on any atom is -0.383 e. The van der Waals surface area contributed by atoms with E-state index in [1.165, 1.54) is 29.6 Å². The molecule has 0 aliphatic carbocycles. The summed E-state index contributed by atoms with van der Waals surface area (Å²) in [7, 11) is -6.13. The Morgan fingerprint density at radius 3 is 2.14 bits per heavy atom. The number of nitrogens with two attached hydrogens (primary N) is 1. The lowest BCUT2D eigenvalue weighted by molar-refractivity contribution is 0.182. The fourth-order valence-electron chi connectivity index (χ4n) is 1.60. The Hall–Kier alpha value is -1.26. The monoisotopic (exact) mass is 334 g/mol. The molecule has 1 rings (SSSR count). The number of sulfonamides is 2. The third kappa shape index (κ3) is 4.61. The number of primary sulfonamides is 1. The van der Waals surface area contributed by atoms with Gasteiger partial charge in [-0.05, 0) is 24.3 Å². The fourth-order valence-corrected chi connectivity index (χ4v) is 3.51. The van der Waals surface area contributed by atoms with E-state index in [2.05, 4.69) is 6.58 Å². The van der Waals surface area contributed by atoms with Crippen molar-refractivity contribution in [1.29, 1.82) is 0 Å². The Morgan fingerprint density at radius 2 is 1.71 bits per heavy atom. The first-order valence-corrected chi connectivity index (χ1v) is 8.95. The molecular formula is C12H18N2O5S2. The molecule has 0 heterocycles. The van der Waals surface area contributed by atoms with Gasteiger partial charge in [-0.2, -0.15) is 4.31 Å². The number of nitrogens with zero attached hydrogens (tertiary/aromatic N) is 1. The van der Waals surface area contributed by atoms with Gasteiger partial charge in [0.15, 0.2) is 0 Å². The van der Waals surface area contributed by atoms with Crippen LogP contribution >= 0.6 is 0 Å². The lowest BCUT2D eigenvalue weighted by Crippen LogP contribution is -2.34. The first-order valence-electron chi connectivity index (χ1n) is 5.96. The van der Waals surface area contributed by atoms with Crippen LogP contribution in [0.5, 0.6) is 0 Å². The van der Waals surface area contributed by atoms with Gasteiger partial charge in [-0.3, -0.25) is 0 Å². The van der Waals surface area contributed by atoms with Crippen molar-refractivity contribution < 1.29 is 21.6 Å². The molecule has 9 heteroatoms. The zero-order valence-electron chi connectivity index (χ0n) is 11.6. The van der Waals surface area contributed by atoms with Crippen LogP contribution < -0.4 is 5.14 Å². The van der Waals surface area contributed by atoms with Gasteiger partial charge >= 0.3 is 0 Å². The minimum absolute atomic E-state index is 0.0205. The number of benzene rings is 1. The van der Waals surface area contributed by atoms with Crippen LogP contribution in [0.2, 0.25) is 0 Å². The van der Waals surface area contributed by atoms with E-state index in [0.717, 1.165) is 12.1 Å². The molecule has 118 valence electrons. The molecular weight excluding hydrogens is 316 g/mol. The van der Waals surface area contributed by atoms with Gasteiger partial charge in [0.2, 0.25) is 20.0 Å². The van der Waals surface area contributed by atoms with Crippen LogP contribution in [-0.4, -0.2) is 47.9 Å². The quantitative estimate of drug-likeness (QED) is 0.681. The molecule has 0 radical (unpaired) electrons. The van der Waals surface area contributed by atoms with Crippen LogP contribution in [-0.2, 0) is 24.8 Å². The molecule has 0 aromatic heterocycles. The first kappa shape index (κ1) is 17.8. The average molecular weight is 334 g/mol. The molecule has 0 bridgehead atoms. The second kappa shape index (κ2) is 7.14. The lowest BCUT2D eigenvalue weighted by atomic mass is 10.4. The van der Waals surface area contributed by atoms with E-state index in [1.807, 2.05) is 0 Å². The number of ether oxygens (including phenoxy) is 1. The molecule has 1 aromatic carbocycles. The molecule has 0 saturated heterocycles. The molecule has 0 unspecified atom stereocenters. The summed E-state index contributed by atoms with van der Waals surface area (Å²) in [5.74, 6) is 0. The molecule has 0 fully saturated rings. The second-order valence-corrected chi connectivity index (χ2v) is 7.66. The predicted octanol–water partition coefficient (Wildman–Crippen LogP) is 0.157. The van der Waals surface area contributed by atoms with Gasteiger partial charge in [-0.25, -0.2) is 22.0 Å². The molecule has 0 saturated carbocycles. The molecule has 0 spiro atoms. The highest BCUT2D eigenvalue weighted by Gasteiger charge is 2.23. The topological polar surface area (TPSA) is 107 Å². The molecule has 0 atom stereocenters. The van der Waals surface area contributed by atoms with Crippen LogP contribution in [0.3, 0.4) is 0 Å². The SMILES string of the molecule is C=CCN(CCOC)S(=O)(=O)c1ccc(S(N)(=O)=O)cc1. The highest BCUT2D eigenvalue weighted by molar-refractivity contribution is 7.89. The van der Waals surface area contributed by atoms with Crippen molar-refractivity contribution in [2.24, 2.45) is 5.14 Å². The van der Waals surface area contributed by atoms with Crippen LogP contribution in [0.15, 0.2) is 46.7 Å². The van der Waals surface area contributed by atoms with Crippen LogP contribution in [0.25, 0.3) is 0 Å². The van der Waals surface area contributed by atoms with E-state index in [0.29, 0.717) is 0 Å². The first-order chi connectivity index (χ1) is 9.73. The van der Waals surface area contributed by atoms with Gasteiger partial charge in [-0.1, -0.05) is 6.08 Å². The molecule has 0 aliphatic rings. The average Bonchev–Trinajstić information content (AvgIpc) is 2.42. The maximum absolute atomic E-state index is 12.4. The van der Waals surface area contributed by atoms with Crippen molar-refractivity contribution in [3.05, 3.63) is 36.9 Å². The largest absolute Gasteiger partial charge is 0.383 e. The van der Waals surface area contributed by atoms with Crippen LogP contribution in [0.1, 0.15) is 0 Å². The summed E-state index contributed by atoms with van der Waals surface area (Å²) in [6.45, 7) is 4.05. The lowest BCUT2D eigenvalue weighted by Gasteiger charge is -2.20. The van der Waals surface area contributed by atoms with Crippen LogP contribution in [0, 0.1) is 0 Å². The normalized spacial score (nSPS) is 12.5. The van der Waals surface area contributed by atoms with E-state index in [4.69, 9.17) is 9.88 Å². The Balaban J connectivity index is 3.13. The Morgan fingerprint density at radius 1 is 1.19 bits per heavy atom. The molecule has 2 N–H and O–H groups in total. The summed E-state index contributed by atoms with van der Waals surface area (Å²) in [6, 6.07) is 4.73. The molecule has 1 aromatic rings. The summed E-state index contributed by atoms with van der Waals surface area (Å²) in [5.41, 5.74) is 0. The third-order valence-electron chi connectivity index (χ3n) is 2.67. The Labute approximate surface area is 125 Å². The van der Waals surface area contributed by atoms with Crippen LogP contribution in [0.4, 0.5) is 0 Å². The summed E-state index contributed by atoms with van der Waals surface area (Å²) in [6.07, 6.45) is 1.46. The molecule has 0 amide bonds. The van der Waals surface area contributed by atoms with Gasteiger partial charge in [0.05, 0.1) is 16.4 Å². The number of methoxy groups -OCH3 is 1. The predicted molar refractivity (Wildman–Crippen MR) is 78.6 cm³/mol. The Kier molecular flexibility index (Phi) is 6.05. The summed E-state index contributed by atoms with van der Waals surface area (Å²) in [4.78, 5) is -0.165. The number of rotatable bonds is 8. The van der Waals surface area contributed by atoms with Gasteiger partial charge in [0, 0.05) is 20.2 Å². The summed E-state index contributed by atoms with van der Waals surface area (Å²) >= 11 is 0. The molecule has 21 heavy (non-hydrogen) atoms. The van der Waals surface area contributed by atoms with E-state index < -0.39 is 20.0 Å². The van der Waals surface area contributed by atoms with Crippen molar-refractivity contribution in [1.82, 2.24) is 4.31 Å². The second-order valence-electron chi connectivity index (χ2n) is 4.16. The van der Waals surface area contributed by atoms with E-state index >= 15 is 0 Å². The Bertz CT molecular complexity index is 681. The smallest absolute Gasteiger partial charge is 0.243 e. The zero-order valence-corrected chi connectivity index (χ0v) is 13.2. The fraction of sp³-hybridized carbons (Fsp3) is 0.333. The van der Waals surface area contributed by atoms with Gasteiger partial charge < -0.3 is 4.74 Å². The van der Waals surface area contributed by atoms with Crippen molar-refractivity contribution in [3.8, 4) is 0 Å². The van der Waals surface area contributed by atoms with Gasteiger partial charge in [-0.15, -0.1) is 6.58 Å². The minimum atomic E-state index is -3.85. The molecule has 7 nitrogen and oxygen atoms in total. The third-order valence-corrected chi connectivity index (χ3v) is 5.48. The maximum Gasteiger partial charge on any atom is 0.243 e.